The summed E-state index contributed by atoms with van der Waals surface area (Å²) in [6.07, 6.45) is -0.290. The number of sulfonamides is 1. The van der Waals surface area contributed by atoms with Crippen LogP contribution >= 0.6 is 0 Å². The number of halogens is 2. The van der Waals surface area contributed by atoms with Crippen LogP contribution in [0.5, 0.6) is 0 Å². The van der Waals surface area contributed by atoms with Gasteiger partial charge in [0.25, 0.3) is 5.92 Å². The van der Waals surface area contributed by atoms with Gasteiger partial charge in [0.2, 0.25) is 15.9 Å². The van der Waals surface area contributed by atoms with Gasteiger partial charge in [-0.25, -0.2) is 17.2 Å². The predicted molar refractivity (Wildman–Crippen MR) is 68.3 cm³/mol. The number of hydrogen-bond acceptors (Lipinski definition) is 6. The summed E-state index contributed by atoms with van der Waals surface area (Å²) < 4.78 is 61.6. The number of nitrogens with zero attached hydrogens (tertiary/aromatic N) is 3. The Labute approximate surface area is 121 Å². The van der Waals surface area contributed by atoms with E-state index in [9.17, 15) is 17.2 Å². The van der Waals surface area contributed by atoms with Crippen LogP contribution in [0.25, 0.3) is 0 Å². The summed E-state index contributed by atoms with van der Waals surface area (Å²) in [6.45, 7) is 0.904. The number of rotatable bonds is 6. The summed E-state index contributed by atoms with van der Waals surface area (Å²) in [5.74, 6) is -3.16. The minimum atomic E-state index is -3.77. The zero-order valence-corrected chi connectivity index (χ0v) is 12.6. The molecule has 2 rings (SSSR count). The lowest BCUT2D eigenvalue weighted by Gasteiger charge is -2.19. The van der Waals surface area contributed by atoms with Crippen molar-refractivity contribution in [2.75, 3.05) is 26.0 Å². The largest absolute Gasteiger partial charge is 0.384 e. The summed E-state index contributed by atoms with van der Waals surface area (Å²) in [4.78, 5) is 4.00. The number of alkyl halides is 2. The molecule has 7 nitrogen and oxygen atoms in total. The molecule has 1 aromatic heterocycles. The van der Waals surface area contributed by atoms with Gasteiger partial charge in [0, 0.05) is 20.0 Å². The molecule has 1 aliphatic heterocycles. The van der Waals surface area contributed by atoms with Crippen LogP contribution in [0.3, 0.4) is 0 Å². The third kappa shape index (κ3) is 3.55. The summed E-state index contributed by atoms with van der Waals surface area (Å²) >= 11 is 0. The van der Waals surface area contributed by atoms with Crippen molar-refractivity contribution >= 4 is 10.0 Å². The third-order valence-electron chi connectivity index (χ3n) is 3.25. The van der Waals surface area contributed by atoms with Crippen LogP contribution in [0.15, 0.2) is 4.52 Å². The maximum atomic E-state index is 13.6. The Balaban J connectivity index is 2.25. The van der Waals surface area contributed by atoms with Gasteiger partial charge in [-0.3, -0.25) is 0 Å². The van der Waals surface area contributed by atoms with E-state index in [0.717, 1.165) is 4.31 Å². The average Bonchev–Trinajstić information content (AvgIpc) is 3.00. The van der Waals surface area contributed by atoms with Gasteiger partial charge in [-0.1, -0.05) is 5.16 Å². The van der Waals surface area contributed by atoms with Crippen LogP contribution < -0.4 is 0 Å². The highest BCUT2D eigenvalue weighted by molar-refractivity contribution is 7.89. The van der Waals surface area contributed by atoms with E-state index in [2.05, 4.69) is 10.1 Å². The van der Waals surface area contributed by atoms with Crippen LogP contribution in [0.4, 0.5) is 8.78 Å². The number of hydrogen-bond donors (Lipinski definition) is 0. The molecule has 1 fully saturated rings. The second-order valence-corrected chi connectivity index (χ2v) is 7.02. The molecular weight excluding hydrogens is 308 g/mol. The van der Waals surface area contributed by atoms with Crippen molar-refractivity contribution in [3.05, 3.63) is 11.7 Å². The lowest BCUT2D eigenvalue weighted by molar-refractivity contribution is 0.0166. The van der Waals surface area contributed by atoms with Crippen molar-refractivity contribution in [1.82, 2.24) is 14.4 Å². The highest BCUT2D eigenvalue weighted by Gasteiger charge is 2.51. The standard InChI is InChI=1S/C11H17F2N3O4S/c1-3-21(17,18)16-7-11(12,13)6-8(16)10-14-9(15-20-10)4-5-19-2/h8H,3-7H2,1-2H3/t8-/m0/s1. The Morgan fingerprint density at radius 1 is 1.52 bits per heavy atom. The molecule has 0 bridgehead atoms. The average molecular weight is 325 g/mol. The van der Waals surface area contributed by atoms with E-state index in [0.29, 0.717) is 18.9 Å². The first-order valence-corrected chi connectivity index (χ1v) is 8.09. The van der Waals surface area contributed by atoms with Crippen LogP contribution in [-0.2, 0) is 21.2 Å². The van der Waals surface area contributed by atoms with Crippen molar-refractivity contribution < 1.29 is 26.5 Å². The zero-order chi connectivity index (χ0) is 15.7. The van der Waals surface area contributed by atoms with E-state index in [1.165, 1.54) is 14.0 Å². The first kappa shape index (κ1) is 16.2. The monoisotopic (exact) mass is 325 g/mol. The number of ether oxygens (including phenoxy) is 1. The smallest absolute Gasteiger partial charge is 0.263 e. The molecule has 21 heavy (non-hydrogen) atoms. The Bertz CT molecular complexity index is 590. The molecule has 10 heteroatoms. The maximum absolute atomic E-state index is 13.6. The first-order chi connectivity index (χ1) is 9.79. The Morgan fingerprint density at radius 2 is 2.24 bits per heavy atom. The van der Waals surface area contributed by atoms with Crippen LogP contribution in [0, 0.1) is 0 Å². The second-order valence-electron chi connectivity index (χ2n) is 4.81. The molecule has 0 radical (unpaired) electrons. The summed E-state index contributed by atoms with van der Waals surface area (Å²) in [5, 5.41) is 3.66. The maximum Gasteiger partial charge on any atom is 0.263 e. The van der Waals surface area contributed by atoms with Gasteiger partial charge in [-0.15, -0.1) is 0 Å². The van der Waals surface area contributed by atoms with E-state index in [1.54, 1.807) is 0 Å². The molecular formula is C11H17F2N3O4S. The van der Waals surface area contributed by atoms with Gasteiger partial charge < -0.3 is 9.26 Å². The quantitative estimate of drug-likeness (QED) is 0.775. The normalized spacial score (nSPS) is 22.8. The summed E-state index contributed by atoms with van der Waals surface area (Å²) in [7, 11) is -2.27. The predicted octanol–water partition coefficient (Wildman–Crippen LogP) is 0.990. The SMILES string of the molecule is CCS(=O)(=O)N1CC(F)(F)C[C@H]1c1nc(CCOC)no1. The highest BCUT2D eigenvalue weighted by atomic mass is 32.2. The number of methoxy groups -OCH3 is 1. The van der Waals surface area contributed by atoms with Crippen LogP contribution in [0.2, 0.25) is 0 Å². The fourth-order valence-corrected chi connectivity index (χ4v) is 3.42. The minimum absolute atomic E-state index is 0.102. The molecule has 0 spiro atoms. The second kappa shape index (κ2) is 5.93. The van der Waals surface area contributed by atoms with Gasteiger partial charge >= 0.3 is 0 Å². The van der Waals surface area contributed by atoms with Gasteiger partial charge in [0.05, 0.1) is 18.9 Å². The Kier molecular flexibility index (Phi) is 4.59. The molecule has 1 saturated heterocycles. The Hall–Kier alpha value is -1.13. The lowest BCUT2D eigenvalue weighted by Crippen LogP contribution is -2.34. The lowest BCUT2D eigenvalue weighted by atomic mass is 10.2. The highest BCUT2D eigenvalue weighted by Crippen LogP contribution is 2.42. The van der Waals surface area contributed by atoms with E-state index in [4.69, 9.17) is 9.26 Å². The molecule has 0 aromatic carbocycles. The van der Waals surface area contributed by atoms with Crippen molar-refractivity contribution in [2.45, 2.75) is 31.7 Å². The molecule has 0 amide bonds. The van der Waals surface area contributed by atoms with Crippen LogP contribution in [0.1, 0.15) is 31.1 Å². The molecule has 0 unspecified atom stereocenters. The fourth-order valence-electron chi connectivity index (χ4n) is 2.15. The van der Waals surface area contributed by atoms with E-state index < -0.39 is 35.0 Å². The molecule has 0 N–H and O–H groups in total. The molecule has 0 saturated carbocycles. The van der Waals surface area contributed by atoms with Gasteiger partial charge in [0.1, 0.15) is 6.04 Å². The molecule has 0 aliphatic carbocycles. The fraction of sp³-hybridized carbons (Fsp3) is 0.818. The van der Waals surface area contributed by atoms with E-state index in [1.807, 2.05) is 0 Å². The van der Waals surface area contributed by atoms with Gasteiger partial charge in [-0.05, 0) is 6.92 Å². The molecule has 120 valence electrons. The van der Waals surface area contributed by atoms with Gasteiger partial charge in [0.15, 0.2) is 5.82 Å². The minimum Gasteiger partial charge on any atom is -0.384 e. The van der Waals surface area contributed by atoms with E-state index >= 15 is 0 Å². The van der Waals surface area contributed by atoms with Crippen LogP contribution in [-0.4, -0.2) is 54.8 Å². The summed E-state index contributed by atoms with van der Waals surface area (Å²) in [6, 6.07) is -1.12. The Morgan fingerprint density at radius 3 is 2.86 bits per heavy atom. The van der Waals surface area contributed by atoms with E-state index in [-0.39, 0.29) is 11.6 Å². The molecule has 1 atom stereocenters. The topological polar surface area (TPSA) is 85.5 Å². The van der Waals surface area contributed by atoms with Crippen molar-refractivity contribution in [1.29, 1.82) is 0 Å². The summed E-state index contributed by atoms with van der Waals surface area (Å²) in [5.41, 5.74) is 0. The van der Waals surface area contributed by atoms with Crippen molar-refractivity contribution in [3.63, 3.8) is 0 Å². The molecule has 2 heterocycles. The number of aromatic nitrogens is 2. The third-order valence-corrected chi connectivity index (χ3v) is 5.08. The first-order valence-electron chi connectivity index (χ1n) is 6.48. The molecule has 1 aromatic rings. The molecule has 1 aliphatic rings. The van der Waals surface area contributed by atoms with Crippen molar-refractivity contribution in [2.24, 2.45) is 0 Å². The van der Waals surface area contributed by atoms with Gasteiger partial charge in [-0.2, -0.15) is 9.29 Å². The zero-order valence-electron chi connectivity index (χ0n) is 11.8. The van der Waals surface area contributed by atoms with Crippen molar-refractivity contribution in [3.8, 4) is 0 Å².